The molecular formula is C14H19NO. The molecule has 1 aromatic carbocycles. The van der Waals surface area contributed by atoms with Gasteiger partial charge in [0.1, 0.15) is 5.75 Å². The highest BCUT2D eigenvalue weighted by Crippen LogP contribution is 2.27. The van der Waals surface area contributed by atoms with Gasteiger partial charge in [0.15, 0.2) is 0 Å². The summed E-state index contributed by atoms with van der Waals surface area (Å²) in [6.07, 6.45) is 7.02. The van der Waals surface area contributed by atoms with Gasteiger partial charge in [-0.1, -0.05) is 25.1 Å². The zero-order chi connectivity index (χ0) is 11.8. The molecule has 0 fully saturated rings. The molecule has 1 N–H and O–H groups in total. The van der Waals surface area contributed by atoms with E-state index in [1.165, 1.54) is 5.56 Å². The Morgan fingerprint density at radius 3 is 2.81 bits per heavy atom. The van der Waals surface area contributed by atoms with Gasteiger partial charge in [-0.05, 0) is 19.0 Å². The number of para-hydroxylation sites is 1. The summed E-state index contributed by atoms with van der Waals surface area (Å²) in [6.45, 7) is 3.02. The predicted molar refractivity (Wildman–Crippen MR) is 67.5 cm³/mol. The highest BCUT2D eigenvalue weighted by atomic mass is 16.5. The lowest BCUT2D eigenvalue weighted by atomic mass is 10.0. The summed E-state index contributed by atoms with van der Waals surface area (Å²) >= 11 is 0. The highest BCUT2D eigenvalue weighted by molar-refractivity contribution is 5.35. The van der Waals surface area contributed by atoms with Crippen LogP contribution in [0.5, 0.6) is 5.75 Å². The summed E-state index contributed by atoms with van der Waals surface area (Å²) in [4.78, 5) is 0. The number of nitrogens with one attached hydrogen (secondary N) is 1. The third-order valence-electron chi connectivity index (χ3n) is 2.54. The van der Waals surface area contributed by atoms with Crippen LogP contribution in [0.4, 0.5) is 0 Å². The van der Waals surface area contributed by atoms with Crippen molar-refractivity contribution in [3.8, 4) is 18.1 Å². The zero-order valence-corrected chi connectivity index (χ0v) is 9.99. The molecule has 2 heteroatoms. The van der Waals surface area contributed by atoms with E-state index in [9.17, 15) is 0 Å². The fourth-order valence-corrected chi connectivity index (χ4v) is 1.80. The van der Waals surface area contributed by atoms with E-state index in [-0.39, 0.29) is 6.04 Å². The Kier molecular flexibility index (Phi) is 5.45. The predicted octanol–water partition coefficient (Wildman–Crippen LogP) is 2.76. The van der Waals surface area contributed by atoms with Crippen molar-refractivity contribution >= 4 is 0 Å². The molecule has 1 atom stereocenters. The average Bonchev–Trinajstić information content (AvgIpc) is 2.34. The lowest BCUT2D eigenvalue weighted by molar-refractivity contribution is 0.397. The van der Waals surface area contributed by atoms with Gasteiger partial charge in [-0.2, -0.15) is 0 Å². The smallest absolute Gasteiger partial charge is 0.123 e. The van der Waals surface area contributed by atoms with Gasteiger partial charge in [-0.3, -0.25) is 0 Å². The van der Waals surface area contributed by atoms with Crippen molar-refractivity contribution in [1.29, 1.82) is 0 Å². The van der Waals surface area contributed by atoms with E-state index in [4.69, 9.17) is 11.2 Å². The molecule has 1 unspecified atom stereocenters. The van der Waals surface area contributed by atoms with Crippen molar-refractivity contribution < 1.29 is 4.74 Å². The number of rotatable bonds is 6. The van der Waals surface area contributed by atoms with Gasteiger partial charge in [0.25, 0.3) is 0 Å². The molecule has 2 nitrogen and oxygen atoms in total. The average molecular weight is 217 g/mol. The van der Waals surface area contributed by atoms with E-state index in [1.54, 1.807) is 7.11 Å². The SMILES string of the molecule is C#CCCC(NCC)c1ccccc1OC. The molecule has 86 valence electrons. The number of ether oxygens (including phenoxy) is 1. The normalized spacial score (nSPS) is 11.8. The first kappa shape index (κ1) is 12.6. The quantitative estimate of drug-likeness (QED) is 0.740. The lowest BCUT2D eigenvalue weighted by Crippen LogP contribution is -2.21. The first-order valence-corrected chi connectivity index (χ1v) is 5.63. The first-order chi connectivity index (χ1) is 7.83. The van der Waals surface area contributed by atoms with Crippen molar-refractivity contribution in [3.63, 3.8) is 0 Å². The van der Waals surface area contributed by atoms with Gasteiger partial charge in [0.2, 0.25) is 0 Å². The molecule has 0 radical (unpaired) electrons. The molecule has 16 heavy (non-hydrogen) atoms. The van der Waals surface area contributed by atoms with E-state index in [2.05, 4.69) is 24.2 Å². The Hall–Kier alpha value is -1.46. The minimum absolute atomic E-state index is 0.275. The molecule has 0 aliphatic carbocycles. The molecule has 0 amide bonds. The number of methoxy groups -OCH3 is 1. The summed E-state index contributed by atoms with van der Waals surface area (Å²) in [5, 5.41) is 3.43. The van der Waals surface area contributed by atoms with Crippen LogP contribution in [0, 0.1) is 12.3 Å². The number of terminal acetylenes is 1. The summed E-state index contributed by atoms with van der Waals surface area (Å²) in [5.41, 5.74) is 1.18. The fraction of sp³-hybridized carbons (Fsp3) is 0.429. The maximum Gasteiger partial charge on any atom is 0.123 e. The van der Waals surface area contributed by atoms with E-state index in [1.807, 2.05) is 18.2 Å². The van der Waals surface area contributed by atoms with Crippen LogP contribution in [0.3, 0.4) is 0 Å². The summed E-state index contributed by atoms with van der Waals surface area (Å²) in [5.74, 6) is 3.60. The largest absolute Gasteiger partial charge is 0.496 e. The van der Waals surface area contributed by atoms with Crippen molar-refractivity contribution in [2.75, 3.05) is 13.7 Å². The van der Waals surface area contributed by atoms with Gasteiger partial charge < -0.3 is 10.1 Å². The second-order valence-corrected chi connectivity index (χ2v) is 3.60. The highest BCUT2D eigenvalue weighted by Gasteiger charge is 2.13. The lowest BCUT2D eigenvalue weighted by Gasteiger charge is -2.19. The molecule has 0 saturated heterocycles. The number of hydrogen-bond acceptors (Lipinski definition) is 2. The molecule has 0 saturated carbocycles. The van der Waals surface area contributed by atoms with E-state index in [0.717, 1.165) is 25.1 Å². The second kappa shape index (κ2) is 6.92. The van der Waals surface area contributed by atoms with Crippen LogP contribution in [0.1, 0.15) is 31.4 Å². The Balaban J connectivity index is 2.86. The van der Waals surface area contributed by atoms with Crippen molar-refractivity contribution in [2.45, 2.75) is 25.8 Å². The minimum atomic E-state index is 0.275. The van der Waals surface area contributed by atoms with Crippen molar-refractivity contribution in [3.05, 3.63) is 29.8 Å². The van der Waals surface area contributed by atoms with Crippen LogP contribution in [0.2, 0.25) is 0 Å². The van der Waals surface area contributed by atoms with Gasteiger partial charge in [-0.25, -0.2) is 0 Å². The van der Waals surface area contributed by atoms with Gasteiger partial charge in [0.05, 0.1) is 7.11 Å². The number of benzene rings is 1. The molecule has 0 bridgehead atoms. The third-order valence-corrected chi connectivity index (χ3v) is 2.54. The first-order valence-electron chi connectivity index (χ1n) is 5.63. The fourth-order valence-electron chi connectivity index (χ4n) is 1.80. The second-order valence-electron chi connectivity index (χ2n) is 3.60. The molecule has 1 aromatic rings. The van der Waals surface area contributed by atoms with Crippen LogP contribution in [-0.4, -0.2) is 13.7 Å². The topological polar surface area (TPSA) is 21.3 Å². The van der Waals surface area contributed by atoms with Gasteiger partial charge >= 0.3 is 0 Å². The molecule has 0 heterocycles. The molecule has 0 aromatic heterocycles. The van der Waals surface area contributed by atoms with Gasteiger partial charge in [-0.15, -0.1) is 12.3 Å². The monoisotopic (exact) mass is 217 g/mol. The summed E-state index contributed by atoms with van der Waals surface area (Å²) in [6, 6.07) is 8.35. The van der Waals surface area contributed by atoms with Crippen LogP contribution < -0.4 is 10.1 Å². The third kappa shape index (κ3) is 3.29. The molecule has 1 rings (SSSR count). The summed E-state index contributed by atoms with van der Waals surface area (Å²) < 4.78 is 5.36. The summed E-state index contributed by atoms with van der Waals surface area (Å²) in [7, 11) is 1.70. The van der Waals surface area contributed by atoms with Crippen LogP contribution in [0.15, 0.2) is 24.3 Å². The Bertz CT molecular complexity index is 354. The van der Waals surface area contributed by atoms with Crippen molar-refractivity contribution in [2.24, 2.45) is 0 Å². The van der Waals surface area contributed by atoms with E-state index >= 15 is 0 Å². The van der Waals surface area contributed by atoms with E-state index < -0.39 is 0 Å². The maximum absolute atomic E-state index is 5.36. The Labute approximate surface area is 98.0 Å². The van der Waals surface area contributed by atoms with Crippen LogP contribution in [0.25, 0.3) is 0 Å². The van der Waals surface area contributed by atoms with E-state index in [0.29, 0.717) is 0 Å². The van der Waals surface area contributed by atoms with Crippen LogP contribution >= 0.6 is 0 Å². The Morgan fingerprint density at radius 2 is 2.19 bits per heavy atom. The van der Waals surface area contributed by atoms with Gasteiger partial charge in [0, 0.05) is 18.0 Å². The van der Waals surface area contributed by atoms with Crippen molar-refractivity contribution in [1.82, 2.24) is 5.32 Å². The molecular weight excluding hydrogens is 198 g/mol. The molecule has 0 aliphatic rings. The zero-order valence-electron chi connectivity index (χ0n) is 9.99. The number of hydrogen-bond donors (Lipinski definition) is 1. The maximum atomic E-state index is 5.36. The molecule has 0 aliphatic heterocycles. The Morgan fingerprint density at radius 1 is 1.44 bits per heavy atom. The minimum Gasteiger partial charge on any atom is -0.496 e. The molecule has 0 spiro atoms. The van der Waals surface area contributed by atoms with Crippen LogP contribution in [-0.2, 0) is 0 Å². The standard InChI is InChI=1S/C14H19NO/c1-4-6-10-13(15-5-2)12-9-7-8-11-14(12)16-3/h1,7-9,11,13,15H,5-6,10H2,2-3H3.